The summed E-state index contributed by atoms with van der Waals surface area (Å²) in [5.41, 5.74) is 0. The molecule has 2 N–H and O–H groups in total. The Labute approximate surface area is 83.4 Å². The molecule has 0 saturated carbocycles. The zero-order chi connectivity index (χ0) is 10.6. The average molecular weight is 221 g/mol. The summed E-state index contributed by atoms with van der Waals surface area (Å²) in [6.45, 7) is 1.01. The van der Waals surface area contributed by atoms with Gasteiger partial charge in [0.2, 0.25) is 0 Å². The fourth-order valence-corrected chi connectivity index (χ4v) is 3.40. The Balaban J connectivity index is 2.12. The fourth-order valence-electron chi connectivity index (χ4n) is 1.53. The minimum absolute atomic E-state index is 0.0828. The van der Waals surface area contributed by atoms with Gasteiger partial charge < -0.3 is 10.4 Å². The summed E-state index contributed by atoms with van der Waals surface area (Å²) in [5.74, 6) is -0.156. The van der Waals surface area contributed by atoms with Crippen molar-refractivity contribution in [3.05, 3.63) is 0 Å². The number of sulfone groups is 1. The number of hydrogen-bond donors (Lipinski definition) is 2. The van der Waals surface area contributed by atoms with E-state index in [1.165, 1.54) is 0 Å². The van der Waals surface area contributed by atoms with Crippen LogP contribution in [0.4, 0.5) is 0 Å². The third-order valence-corrected chi connectivity index (χ3v) is 4.11. The second-order valence-corrected chi connectivity index (χ2v) is 5.85. The van der Waals surface area contributed by atoms with Crippen molar-refractivity contribution in [2.24, 2.45) is 5.92 Å². The summed E-state index contributed by atoms with van der Waals surface area (Å²) in [7, 11) is -2.81. The first-order valence-corrected chi connectivity index (χ1v) is 6.45. The van der Waals surface area contributed by atoms with Crippen LogP contribution >= 0.6 is 0 Å². The largest absolute Gasteiger partial charge is 0.481 e. The first-order chi connectivity index (χ1) is 6.49. The van der Waals surface area contributed by atoms with Gasteiger partial charge in [-0.2, -0.15) is 0 Å². The molecule has 0 radical (unpaired) electrons. The Morgan fingerprint density at radius 1 is 1.50 bits per heavy atom. The van der Waals surface area contributed by atoms with Crippen LogP contribution in [0.2, 0.25) is 0 Å². The zero-order valence-corrected chi connectivity index (χ0v) is 8.72. The van der Waals surface area contributed by atoms with Crippen molar-refractivity contribution in [2.45, 2.75) is 12.8 Å². The van der Waals surface area contributed by atoms with Crippen LogP contribution < -0.4 is 5.32 Å². The van der Waals surface area contributed by atoms with Crippen LogP contribution in [0, 0.1) is 5.92 Å². The van der Waals surface area contributed by atoms with Crippen LogP contribution in [0.25, 0.3) is 0 Å². The lowest BCUT2D eigenvalue weighted by Crippen LogP contribution is -2.25. The summed E-state index contributed by atoms with van der Waals surface area (Å²) in [6, 6.07) is 0. The second kappa shape index (κ2) is 4.75. The molecule has 0 aliphatic carbocycles. The number of hydrogen-bond acceptors (Lipinski definition) is 4. The van der Waals surface area contributed by atoms with Crippen molar-refractivity contribution in [3.63, 3.8) is 0 Å². The molecule has 1 rings (SSSR count). The summed E-state index contributed by atoms with van der Waals surface area (Å²) < 4.78 is 22.1. The van der Waals surface area contributed by atoms with Crippen LogP contribution in [0.15, 0.2) is 0 Å². The van der Waals surface area contributed by atoms with Crippen LogP contribution in [0.5, 0.6) is 0 Å². The number of carboxylic acids is 1. The predicted octanol–water partition coefficient (Wildman–Crippen LogP) is -0.515. The number of carboxylic acid groups (broad SMARTS) is 1. The summed E-state index contributed by atoms with van der Waals surface area (Å²) in [4.78, 5) is 10.2. The molecule has 1 heterocycles. The smallest absolute Gasteiger partial charge is 0.304 e. The Morgan fingerprint density at radius 2 is 2.21 bits per heavy atom. The fraction of sp³-hybridized carbons (Fsp3) is 0.875. The van der Waals surface area contributed by atoms with Gasteiger partial charge in [0.05, 0.1) is 17.9 Å². The summed E-state index contributed by atoms with van der Waals surface area (Å²) >= 11 is 0. The lowest BCUT2D eigenvalue weighted by molar-refractivity contribution is -0.136. The molecule has 1 atom stereocenters. The number of carbonyl (C=O) groups is 1. The van der Waals surface area contributed by atoms with Gasteiger partial charge in [0, 0.05) is 6.54 Å². The molecule has 1 aliphatic heterocycles. The van der Waals surface area contributed by atoms with Crippen molar-refractivity contribution < 1.29 is 18.3 Å². The molecule has 0 amide bonds. The third-order valence-electron chi connectivity index (χ3n) is 2.28. The number of nitrogens with one attached hydrogen (secondary N) is 1. The van der Waals surface area contributed by atoms with Gasteiger partial charge in [-0.1, -0.05) is 0 Å². The van der Waals surface area contributed by atoms with E-state index in [0.717, 1.165) is 0 Å². The first kappa shape index (κ1) is 11.5. The van der Waals surface area contributed by atoms with E-state index in [1.807, 2.05) is 0 Å². The first-order valence-electron chi connectivity index (χ1n) is 4.62. The molecule has 6 heteroatoms. The van der Waals surface area contributed by atoms with Gasteiger partial charge in [-0.3, -0.25) is 4.79 Å². The zero-order valence-electron chi connectivity index (χ0n) is 7.90. The third kappa shape index (κ3) is 4.06. The van der Waals surface area contributed by atoms with E-state index in [-0.39, 0.29) is 23.8 Å². The van der Waals surface area contributed by atoms with Gasteiger partial charge in [-0.25, -0.2) is 8.42 Å². The highest BCUT2D eigenvalue weighted by molar-refractivity contribution is 7.91. The lowest BCUT2D eigenvalue weighted by atomic mass is 10.1. The van der Waals surface area contributed by atoms with Gasteiger partial charge in [-0.15, -0.1) is 0 Å². The SMILES string of the molecule is O=C(O)CCNCC1CCS(=O)(=O)C1. The maximum Gasteiger partial charge on any atom is 0.304 e. The summed E-state index contributed by atoms with van der Waals surface area (Å²) in [6.07, 6.45) is 0.780. The van der Waals surface area contributed by atoms with Crippen molar-refractivity contribution in [2.75, 3.05) is 24.6 Å². The molecule has 1 unspecified atom stereocenters. The topological polar surface area (TPSA) is 83.5 Å². The van der Waals surface area contributed by atoms with Gasteiger partial charge in [0.1, 0.15) is 0 Å². The van der Waals surface area contributed by atoms with Crippen LogP contribution in [-0.2, 0) is 14.6 Å². The monoisotopic (exact) mass is 221 g/mol. The van der Waals surface area contributed by atoms with E-state index in [4.69, 9.17) is 5.11 Å². The molecule has 1 saturated heterocycles. The quantitative estimate of drug-likeness (QED) is 0.611. The molecule has 0 aromatic carbocycles. The van der Waals surface area contributed by atoms with E-state index in [0.29, 0.717) is 19.5 Å². The molecule has 0 aromatic heterocycles. The molecule has 0 bridgehead atoms. The van der Waals surface area contributed by atoms with E-state index in [1.54, 1.807) is 0 Å². The Hall–Kier alpha value is -0.620. The number of rotatable bonds is 5. The Morgan fingerprint density at radius 3 is 2.71 bits per heavy atom. The molecular weight excluding hydrogens is 206 g/mol. The van der Waals surface area contributed by atoms with Crippen LogP contribution in [0.1, 0.15) is 12.8 Å². The Bertz CT molecular complexity index is 298. The minimum Gasteiger partial charge on any atom is -0.481 e. The molecule has 0 spiro atoms. The summed E-state index contributed by atoms with van der Waals surface area (Å²) in [5, 5.41) is 11.3. The minimum atomic E-state index is -2.81. The van der Waals surface area contributed by atoms with Crippen molar-refractivity contribution in [1.29, 1.82) is 0 Å². The van der Waals surface area contributed by atoms with Gasteiger partial charge in [0.25, 0.3) is 0 Å². The average Bonchev–Trinajstić information content (AvgIpc) is 2.39. The van der Waals surface area contributed by atoms with Crippen LogP contribution in [-0.4, -0.2) is 44.1 Å². The molecule has 14 heavy (non-hydrogen) atoms. The van der Waals surface area contributed by atoms with E-state index in [2.05, 4.69) is 5.32 Å². The van der Waals surface area contributed by atoms with Crippen LogP contribution in [0.3, 0.4) is 0 Å². The molecular formula is C8H15NO4S. The van der Waals surface area contributed by atoms with E-state index >= 15 is 0 Å². The highest BCUT2D eigenvalue weighted by Crippen LogP contribution is 2.17. The van der Waals surface area contributed by atoms with Gasteiger partial charge >= 0.3 is 5.97 Å². The Kier molecular flexibility index (Phi) is 3.88. The van der Waals surface area contributed by atoms with E-state index in [9.17, 15) is 13.2 Å². The molecule has 1 fully saturated rings. The highest BCUT2D eigenvalue weighted by atomic mass is 32.2. The highest BCUT2D eigenvalue weighted by Gasteiger charge is 2.27. The predicted molar refractivity (Wildman–Crippen MR) is 51.9 cm³/mol. The normalized spacial score (nSPS) is 25.0. The van der Waals surface area contributed by atoms with Crippen molar-refractivity contribution in [3.8, 4) is 0 Å². The standard InChI is InChI=1S/C8H15NO4S/c10-8(11)1-3-9-5-7-2-4-14(12,13)6-7/h7,9H,1-6H2,(H,10,11). The molecule has 82 valence electrons. The molecule has 5 nitrogen and oxygen atoms in total. The van der Waals surface area contributed by atoms with Crippen molar-refractivity contribution >= 4 is 15.8 Å². The lowest BCUT2D eigenvalue weighted by Gasteiger charge is -2.07. The maximum atomic E-state index is 11.1. The van der Waals surface area contributed by atoms with E-state index < -0.39 is 15.8 Å². The van der Waals surface area contributed by atoms with Crippen molar-refractivity contribution in [1.82, 2.24) is 5.32 Å². The molecule has 0 aromatic rings. The van der Waals surface area contributed by atoms with Gasteiger partial charge in [-0.05, 0) is 18.9 Å². The molecule has 1 aliphatic rings. The second-order valence-electron chi connectivity index (χ2n) is 3.62. The van der Waals surface area contributed by atoms with Gasteiger partial charge in [0.15, 0.2) is 9.84 Å². The number of aliphatic carboxylic acids is 1. The maximum absolute atomic E-state index is 11.1.